The van der Waals surface area contributed by atoms with Crippen LogP contribution in [0.4, 0.5) is 0 Å². The summed E-state index contributed by atoms with van der Waals surface area (Å²) < 4.78 is 0. The molecule has 0 amide bonds. The number of aliphatic hydroxyl groups excluding tert-OH is 1. The molecular formula is C12H26O2. The third-order valence-electron chi connectivity index (χ3n) is 3.25. The quantitative estimate of drug-likeness (QED) is 0.666. The molecule has 3 atom stereocenters. The fraction of sp³-hybridized carbons (Fsp3) is 1.00. The van der Waals surface area contributed by atoms with Crippen LogP contribution in [0.5, 0.6) is 0 Å². The summed E-state index contributed by atoms with van der Waals surface area (Å²) in [5.41, 5.74) is -0.922. The van der Waals surface area contributed by atoms with Gasteiger partial charge in [0.1, 0.15) is 0 Å². The summed E-state index contributed by atoms with van der Waals surface area (Å²) >= 11 is 0. The summed E-state index contributed by atoms with van der Waals surface area (Å²) in [6, 6.07) is 0. The zero-order valence-electron chi connectivity index (χ0n) is 10.1. The molecule has 0 radical (unpaired) electrons. The second kappa shape index (κ2) is 6.41. The minimum Gasteiger partial charge on any atom is -0.390 e. The van der Waals surface area contributed by atoms with E-state index in [0.29, 0.717) is 6.42 Å². The fourth-order valence-corrected chi connectivity index (χ4v) is 1.77. The van der Waals surface area contributed by atoms with Crippen LogP contribution in [0.25, 0.3) is 0 Å². The summed E-state index contributed by atoms with van der Waals surface area (Å²) in [6.45, 7) is 7.87. The van der Waals surface area contributed by atoms with Crippen molar-refractivity contribution in [3.05, 3.63) is 0 Å². The van der Waals surface area contributed by atoms with Gasteiger partial charge in [-0.15, -0.1) is 0 Å². The van der Waals surface area contributed by atoms with Crippen molar-refractivity contribution in [3.8, 4) is 0 Å². The number of aliphatic hydroxyl groups is 2. The van der Waals surface area contributed by atoms with Gasteiger partial charge in [0, 0.05) is 0 Å². The Hall–Kier alpha value is -0.0800. The number of rotatable bonds is 7. The first kappa shape index (κ1) is 13.9. The smallest absolute Gasteiger partial charge is 0.0877 e. The molecule has 0 aromatic rings. The summed E-state index contributed by atoms with van der Waals surface area (Å²) in [5.74, 6) is 0.241. The van der Waals surface area contributed by atoms with E-state index in [-0.39, 0.29) is 5.92 Å². The van der Waals surface area contributed by atoms with Gasteiger partial charge in [-0.2, -0.15) is 0 Å². The molecule has 0 aromatic heterocycles. The maximum Gasteiger partial charge on any atom is 0.0877 e. The van der Waals surface area contributed by atoms with Gasteiger partial charge in [0.05, 0.1) is 11.7 Å². The van der Waals surface area contributed by atoms with Crippen molar-refractivity contribution in [1.29, 1.82) is 0 Å². The van der Waals surface area contributed by atoms with E-state index < -0.39 is 11.7 Å². The van der Waals surface area contributed by atoms with Gasteiger partial charge in [-0.05, 0) is 25.7 Å². The molecule has 0 bridgehead atoms. The molecule has 86 valence electrons. The van der Waals surface area contributed by atoms with Crippen LogP contribution in [0, 0.1) is 5.92 Å². The Kier molecular flexibility index (Phi) is 6.38. The molecule has 0 aliphatic rings. The Morgan fingerprint density at radius 2 is 1.79 bits per heavy atom. The lowest BCUT2D eigenvalue weighted by Crippen LogP contribution is -2.43. The van der Waals surface area contributed by atoms with Gasteiger partial charge in [0.2, 0.25) is 0 Å². The van der Waals surface area contributed by atoms with Crippen molar-refractivity contribution in [2.45, 2.75) is 71.5 Å². The van der Waals surface area contributed by atoms with Crippen LogP contribution in [0.1, 0.15) is 59.8 Å². The van der Waals surface area contributed by atoms with Crippen molar-refractivity contribution < 1.29 is 10.2 Å². The zero-order chi connectivity index (χ0) is 11.2. The van der Waals surface area contributed by atoms with E-state index in [0.717, 1.165) is 25.7 Å². The van der Waals surface area contributed by atoms with Crippen LogP contribution in [-0.2, 0) is 0 Å². The molecule has 0 fully saturated rings. The molecule has 0 heterocycles. The Bertz CT molecular complexity index is 143. The highest BCUT2D eigenvalue weighted by Gasteiger charge is 2.33. The largest absolute Gasteiger partial charge is 0.390 e. The van der Waals surface area contributed by atoms with Gasteiger partial charge in [-0.1, -0.05) is 40.0 Å². The third kappa shape index (κ3) is 3.97. The SMILES string of the molecule is CCCCC(CC)C(O)C(C)(O)CC. The van der Waals surface area contributed by atoms with E-state index in [2.05, 4.69) is 13.8 Å². The van der Waals surface area contributed by atoms with Gasteiger partial charge in [-0.25, -0.2) is 0 Å². The second-order valence-electron chi connectivity index (χ2n) is 4.47. The fourth-order valence-electron chi connectivity index (χ4n) is 1.77. The molecular weight excluding hydrogens is 176 g/mol. The lowest BCUT2D eigenvalue weighted by molar-refractivity contribution is -0.0931. The maximum atomic E-state index is 10.0. The second-order valence-corrected chi connectivity index (χ2v) is 4.47. The van der Waals surface area contributed by atoms with Crippen molar-refractivity contribution in [1.82, 2.24) is 0 Å². The third-order valence-corrected chi connectivity index (χ3v) is 3.25. The lowest BCUT2D eigenvalue weighted by atomic mass is 9.82. The molecule has 0 aliphatic heterocycles. The van der Waals surface area contributed by atoms with Crippen LogP contribution in [-0.4, -0.2) is 21.9 Å². The normalized spacial score (nSPS) is 20.1. The molecule has 0 aliphatic carbocycles. The molecule has 14 heavy (non-hydrogen) atoms. The minimum absolute atomic E-state index is 0.241. The summed E-state index contributed by atoms with van der Waals surface area (Å²) in [4.78, 5) is 0. The predicted octanol–water partition coefficient (Wildman–Crippen LogP) is 2.72. The van der Waals surface area contributed by atoms with E-state index in [1.165, 1.54) is 0 Å². The van der Waals surface area contributed by atoms with Gasteiger partial charge < -0.3 is 10.2 Å². The average molecular weight is 202 g/mol. The molecule has 2 heteroatoms. The molecule has 0 saturated carbocycles. The Morgan fingerprint density at radius 1 is 1.21 bits per heavy atom. The molecule has 0 rings (SSSR count). The van der Waals surface area contributed by atoms with Gasteiger partial charge >= 0.3 is 0 Å². The molecule has 0 aromatic carbocycles. The van der Waals surface area contributed by atoms with E-state index in [1.54, 1.807) is 6.92 Å². The van der Waals surface area contributed by atoms with E-state index in [1.807, 2.05) is 6.92 Å². The van der Waals surface area contributed by atoms with Crippen LogP contribution < -0.4 is 0 Å². The first-order valence-corrected chi connectivity index (χ1v) is 5.90. The Morgan fingerprint density at radius 3 is 2.14 bits per heavy atom. The molecule has 2 N–H and O–H groups in total. The molecule has 0 spiro atoms. The van der Waals surface area contributed by atoms with Gasteiger partial charge in [-0.3, -0.25) is 0 Å². The van der Waals surface area contributed by atoms with Crippen LogP contribution in [0.15, 0.2) is 0 Å². The molecule has 2 nitrogen and oxygen atoms in total. The number of hydrogen-bond donors (Lipinski definition) is 2. The molecule has 3 unspecified atom stereocenters. The maximum absolute atomic E-state index is 10.0. The Balaban J connectivity index is 4.22. The highest BCUT2D eigenvalue weighted by atomic mass is 16.3. The van der Waals surface area contributed by atoms with Crippen molar-refractivity contribution in [2.75, 3.05) is 0 Å². The predicted molar refractivity (Wildman–Crippen MR) is 60.2 cm³/mol. The minimum atomic E-state index is -0.922. The standard InChI is InChI=1S/C12H26O2/c1-5-8-9-10(6-2)11(13)12(4,14)7-3/h10-11,13-14H,5-9H2,1-4H3. The lowest BCUT2D eigenvalue weighted by Gasteiger charge is -2.33. The topological polar surface area (TPSA) is 40.5 Å². The number of unbranched alkanes of at least 4 members (excludes halogenated alkanes) is 1. The van der Waals surface area contributed by atoms with Crippen LogP contribution in [0.3, 0.4) is 0 Å². The first-order valence-electron chi connectivity index (χ1n) is 5.90. The molecule has 0 saturated heterocycles. The van der Waals surface area contributed by atoms with E-state index in [4.69, 9.17) is 0 Å². The summed E-state index contributed by atoms with van der Waals surface area (Å²) in [6.07, 6.45) is 4.27. The summed E-state index contributed by atoms with van der Waals surface area (Å²) in [7, 11) is 0. The average Bonchev–Trinajstić information content (AvgIpc) is 2.18. The first-order chi connectivity index (χ1) is 6.49. The van der Waals surface area contributed by atoms with E-state index in [9.17, 15) is 10.2 Å². The zero-order valence-corrected chi connectivity index (χ0v) is 10.1. The van der Waals surface area contributed by atoms with Crippen LogP contribution in [0.2, 0.25) is 0 Å². The van der Waals surface area contributed by atoms with Gasteiger partial charge in [0.25, 0.3) is 0 Å². The highest BCUT2D eigenvalue weighted by Crippen LogP contribution is 2.26. The van der Waals surface area contributed by atoms with Crippen molar-refractivity contribution in [3.63, 3.8) is 0 Å². The van der Waals surface area contributed by atoms with E-state index >= 15 is 0 Å². The van der Waals surface area contributed by atoms with Crippen LogP contribution >= 0.6 is 0 Å². The van der Waals surface area contributed by atoms with Crippen molar-refractivity contribution in [2.24, 2.45) is 5.92 Å². The van der Waals surface area contributed by atoms with Crippen molar-refractivity contribution >= 4 is 0 Å². The van der Waals surface area contributed by atoms with Gasteiger partial charge in [0.15, 0.2) is 0 Å². The highest BCUT2D eigenvalue weighted by molar-refractivity contribution is 4.85. The summed E-state index contributed by atoms with van der Waals surface area (Å²) in [5, 5.41) is 20.0. The number of hydrogen-bond acceptors (Lipinski definition) is 2. The Labute approximate surface area is 88.3 Å². The monoisotopic (exact) mass is 202 g/mol.